The topological polar surface area (TPSA) is 71.3 Å². The van der Waals surface area contributed by atoms with Crippen LogP contribution in [0.4, 0.5) is 4.79 Å². The molecule has 1 unspecified atom stereocenters. The van der Waals surface area contributed by atoms with Crippen molar-refractivity contribution in [2.45, 2.75) is 40.7 Å². The zero-order valence-corrected chi connectivity index (χ0v) is 18.6. The Kier molecular flexibility index (Phi) is 5.63. The minimum Gasteiger partial charge on any atom is -0.334 e. The first-order chi connectivity index (χ1) is 14.8. The Morgan fingerprint density at radius 1 is 1.06 bits per heavy atom. The highest BCUT2D eigenvalue weighted by Gasteiger charge is 2.36. The Balaban J connectivity index is 1.83. The predicted molar refractivity (Wildman–Crippen MR) is 121 cm³/mol. The van der Waals surface area contributed by atoms with Gasteiger partial charge in [-0.1, -0.05) is 67.5 Å². The normalized spacial score (nSPS) is 16.8. The summed E-state index contributed by atoms with van der Waals surface area (Å²) in [4.78, 5) is 19.5. The number of aromatic nitrogens is 2. The number of carbonyl (C=O) groups is 1. The van der Waals surface area contributed by atoms with Crippen molar-refractivity contribution in [1.82, 2.24) is 20.4 Å². The van der Waals surface area contributed by atoms with Crippen LogP contribution in [0.5, 0.6) is 0 Å². The van der Waals surface area contributed by atoms with Crippen molar-refractivity contribution in [1.29, 1.82) is 0 Å². The number of nitrogens with one attached hydrogen (secondary N) is 1. The Morgan fingerprint density at radius 3 is 2.48 bits per heavy atom. The van der Waals surface area contributed by atoms with Crippen LogP contribution in [0.1, 0.15) is 49.4 Å². The lowest BCUT2D eigenvalue weighted by Crippen LogP contribution is -2.47. The van der Waals surface area contributed by atoms with Gasteiger partial charge in [-0.2, -0.15) is 4.98 Å². The van der Waals surface area contributed by atoms with Crippen LogP contribution in [0.3, 0.4) is 0 Å². The summed E-state index contributed by atoms with van der Waals surface area (Å²) in [6, 6.07) is 15.5. The van der Waals surface area contributed by atoms with E-state index in [1.165, 1.54) is 11.1 Å². The van der Waals surface area contributed by atoms with E-state index in [4.69, 9.17) is 9.51 Å². The summed E-state index contributed by atoms with van der Waals surface area (Å²) in [6.45, 7) is 10.9. The first-order valence-electron chi connectivity index (χ1n) is 10.6. The van der Waals surface area contributed by atoms with E-state index in [1.807, 2.05) is 43.3 Å². The molecule has 1 aliphatic rings. The molecule has 2 aromatic carbocycles. The molecule has 0 bridgehead atoms. The number of nitrogens with zero attached hydrogens (tertiary/aromatic N) is 3. The van der Waals surface area contributed by atoms with Crippen LogP contribution in [0.15, 0.2) is 58.8 Å². The molecule has 1 aromatic heterocycles. The smallest absolute Gasteiger partial charge is 0.322 e. The van der Waals surface area contributed by atoms with Gasteiger partial charge in [-0.15, -0.1) is 0 Å². The quantitative estimate of drug-likeness (QED) is 0.595. The van der Waals surface area contributed by atoms with Crippen LogP contribution in [0, 0.1) is 19.8 Å². The molecule has 6 heteroatoms. The van der Waals surface area contributed by atoms with Crippen molar-refractivity contribution >= 4 is 11.6 Å². The van der Waals surface area contributed by atoms with E-state index in [1.54, 1.807) is 4.90 Å². The second-order valence-corrected chi connectivity index (χ2v) is 8.52. The minimum absolute atomic E-state index is 0.110. The van der Waals surface area contributed by atoms with Crippen LogP contribution < -0.4 is 5.32 Å². The lowest BCUT2D eigenvalue weighted by Gasteiger charge is -2.36. The fourth-order valence-electron chi connectivity index (χ4n) is 3.87. The van der Waals surface area contributed by atoms with Gasteiger partial charge < -0.3 is 9.84 Å². The number of urea groups is 1. The molecule has 4 rings (SSSR count). The molecular weight excluding hydrogens is 388 g/mol. The van der Waals surface area contributed by atoms with Gasteiger partial charge in [0.25, 0.3) is 5.89 Å². The molecule has 0 saturated heterocycles. The summed E-state index contributed by atoms with van der Waals surface area (Å²) < 4.78 is 5.73. The maximum Gasteiger partial charge on any atom is 0.322 e. The lowest BCUT2D eigenvalue weighted by atomic mass is 9.92. The monoisotopic (exact) mass is 416 g/mol. The maximum atomic E-state index is 13.0. The summed E-state index contributed by atoms with van der Waals surface area (Å²) in [5, 5.41) is 7.37. The number of rotatable bonds is 5. The number of benzene rings is 2. The molecule has 3 aromatic rings. The van der Waals surface area contributed by atoms with E-state index < -0.39 is 0 Å². The zero-order chi connectivity index (χ0) is 22.1. The van der Waals surface area contributed by atoms with Crippen LogP contribution in [0.25, 0.3) is 17.0 Å². The summed E-state index contributed by atoms with van der Waals surface area (Å²) in [7, 11) is 0. The van der Waals surface area contributed by atoms with E-state index in [-0.39, 0.29) is 12.1 Å². The van der Waals surface area contributed by atoms with Crippen molar-refractivity contribution < 1.29 is 9.32 Å². The van der Waals surface area contributed by atoms with Gasteiger partial charge in [0.05, 0.1) is 11.6 Å². The molecule has 0 spiro atoms. The number of allylic oxidation sites excluding steroid dienone is 1. The SMILES string of the molecule is CC1=C(c2nc(-c3ccccc3)no2)C(c2ccc(C)c(C)c2)NC(=O)N1CC(C)C. The molecule has 0 saturated carbocycles. The Morgan fingerprint density at radius 2 is 1.81 bits per heavy atom. The molecule has 6 nitrogen and oxygen atoms in total. The number of amides is 2. The number of hydrogen-bond acceptors (Lipinski definition) is 4. The molecular formula is C25H28N4O2. The third-order valence-corrected chi connectivity index (χ3v) is 5.70. The van der Waals surface area contributed by atoms with E-state index in [9.17, 15) is 4.79 Å². The molecule has 1 aliphatic heterocycles. The van der Waals surface area contributed by atoms with E-state index >= 15 is 0 Å². The van der Waals surface area contributed by atoms with Crippen LogP contribution in [-0.4, -0.2) is 27.6 Å². The van der Waals surface area contributed by atoms with Crippen molar-refractivity contribution in [3.05, 3.63) is 76.8 Å². The fraction of sp³-hybridized carbons (Fsp3) is 0.320. The largest absolute Gasteiger partial charge is 0.334 e. The molecule has 1 atom stereocenters. The van der Waals surface area contributed by atoms with E-state index in [0.29, 0.717) is 24.2 Å². The zero-order valence-electron chi connectivity index (χ0n) is 18.6. The van der Waals surface area contributed by atoms with E-state index in [0.717, 1.165) is 22.4 Å². The first kappa shape index (κ1) is 20.8. The van der Waals surface area contributed by atoms with Gasteiger partial charge in [-0.25, -0.2) is 4.79 Å². The third kappa shape index (κ3) is 4.10. The Labute approximate surface area is 183 Å². The van der Waals surface area contributed by atoms with Gasteiger partial charge in [-0.3, -0.25) is 4.90 Å². The number of carbonyl (C=O) groups excluding carboxylic acids is 1. The summed E-state index contributed by atoms with van der Waals surface area (Å²) in [5.74, 6) is 1.28. The fourth-order valence-corrected chi connectivity index (χ4v) is 3.87. The van der Waals surface area contributed by atoms with Gasteiger partial charge in [0.2, 0.25) is 5.82 Å². The van der Waals surface area contributed by atoms with Crippen molar-refractivity contribution in [2.24, 2.45) is 5.92 Å². The average molecular weight is 417 g/mol. The highest BCUT2D eigenvalue weighted by Crippen LogP contribution is 2.38. The third-order valence-electron chi connectivity index (χ3n) is 5.70. The molecule has 31 heavy (non-hydrogen) atoms. The van der Waals surface area contributed by atoms with Crippen molar-refractivity contribution in [3.8, 4) is 11.4 Å². The van der Waals surface area contributed by atoms with Crippen LogP contribution in [-0.2, 0) is 0 Å². The van der Waals surface area contributed by atoms with Gasteiger partial charge >= 0.3 is 6.03 Å². The van der Waals surface area contributed by atoms with Crippen molar-refractivity contribution in [3.63, 3.8) is 0 Å². The minimum atomic E-state index is -0.362. The predicted octanol–water partition coefficient (Wildman–Crippen LogP) is 5.51. The average Bonchev–Trinajstić information content (AvgIpc) is 3.23. The molecule has 1 N–H and O–H groups in total. The molecule has 2 amide bonds. The summed E-state index contributed by atoms with van der Waals surface area (Å²) in [6.07, 6.45) is 0. The highest BCUT2D eigenvalue weighted by molar-refractivity contribution is 5.87. The number of hydrogen-bond donors (Lipinski definition) is 1. The van der Waals surface area contributed by atoms with Gasteiger partial charge in [0.1, 0.15) is 0 Å². The second-order valence-electron chi connectivity index (χ2n) is 8.52. The van der Waals surface area contributed by atoms with Crippen LogP contribution >= 0.6 is 0 Å². The lowest BCUT2D eigenvalue weighted by molar-refractivity contribution is 0.199. The molecule has 0 aliphatic carbocycles. The molecule has 2 heterocycles. The molecule has 0 radical (unpaired) electrons. The Hall–Kier alpha value is -3.41. The van der Waals surface area contributed by atoms with E-state index in [2.05, 4.69) is 50.3 Å². The van der Waals surface area contributed by atoms with Crippen LogP contribution in [0.2, 0.25) is 0 Å². The van der Waals surface area contributed by atoms with Crippen molar-refractivity contribution in [2.75, 3.05) is 6.54 Å². The standard InChI is InChI=1S/C25H28N4O2/c1-15(2)14-29-18(5)21(24-27-23(28-31-24)19-9-7-6-8-10-19)22(26-25(29)30)20-12-11-16(3)17(4)13-20/h6-13,15,22H,14H2,1-5H3,(H,26,30). The summed E-state index contributed by atoms with van der Waals surface area (Å²) >= 11 is 0. The Bertz CT molecular complexity index is 1130. The summed E-state index contributed by atoms with van der Waals surface area (Å²) in [5.41, 5.74) is 5.93. The molecule has 160 valence electrons. The van der Waals surface area contributed by atoms with Gasteiger partial charge in [0.15, 0.2) is 0 Å². The van der Waals surface area contributed by atoms with Gasteiger partial charge in [-0.05, 0) is 43.4 Å². The number of aryl methyl sites for hydroxylation is 2. The highest BCUT2D eigenvalue weighted by atomic mass is 16.5. The maximum absolute atomic E-state index is 13.0. The molecule has 0 fully saturated rings. The first-order valence-corrected chi connectivity index (χ1v) is 10.6. The van der Waals surface area contributed by atoms with Gasteiger partial charge in [0, 0.05) is 17.8 Å². The second kappa shape index (κ2) is 8.38.